The molecule has 0 radical (unpaired) electrons. The van der Waals surface area contributed by atoms with Crippen LogP contribution in [0.1, 0.15) is 24.3 Å². The van der Waals surface area contributed by atoms with Crippen LogP contribution >= 0.6 is 11.8 Å². The molecule has 1 nitrogen and oxygen atoms in total. The van der Waals surface area contributed by atoms with Crippen molar-refractivity contribution >= 4 is 11.8 Å². The fourth-order valence-electron chi connectivity index (χ4n) is 1.62. The molecule has 0 saturated carbocycles. The quantitative estimate of drug-likeness (QED) is 0.729. The Hall–Kier alpha value is -0.470. The summed E-state index contributed by atoms with van der Waals surface area (Å²) in [7, 11) is 0. The topological polar surface area (TPSA) is 26.0 Å². The van der Waals surface area contributed by atoms with Gasteiger partial charge in [0.05, 0.1) is 0 Å². The van der Waals surface area contributed by atoms with Crippen LogP contribution in [0.25, 0.3) is 0 Å². The van der Waals surface area contributed by atoms with Gasteiger partial charge in [-0.05, 0) is 42.9 Å². The number of hydrogen-bond acceptors (Lipinski definition) is 2. The van der Waals surface area contributed by atoms with Gasteiger partial charge in [0.2, 0.25) is 0 Å². The molecule has 0 spiro atoms. The van der Waals surface area contributed by atoms with Gasteiger partial charge < -0.3 is 5.73 Å². The highest BCUT2D eigenvalue weighted by Crippen LogP contribution is 2.20. The van der Waals surface area contributed by atoms with Crippen molar-refractivity contribution in [3.8, 4) is 0 Å². The first kappa shape index (κ1) is 11.6. The zero-order chi connectivity index (χ0) is 10.2. The number of benzene rings is 1. The van der Waals surface area contributed by atoms with Gasteiger partial charge in [-0.2, -0.15) is 11.8 Å². The minimum absolute atomic E-state index is 0.545. The molecule has 2 N–H and O–H groups in total. The van der Waals surface area contributed by atoms with E-state index in [0.717, 1.165) is 6.54 Å². The van der Waals surface area contributed by atoms with E-state index in [-0.39, 0.29) is 0 Å². The van der Waals surface area contributed by atoms with Crippen LogP contribution in [-0.4, -0.2) is 18.6 Å². The molecule has 0 aliphatic carbocycles. The van der Waals surface area contributed by atoms with Crippen LogP contribution in [0, 0.1) is 0 Å². The lowest BCUT2D eigenvalue weighted by Crippen LogP contribution is -2.12. The molecule has 14 heavy (non-hydrogen) atoms. The Morgan fingerprint density at radius 1 is 1.29 bits per heavy atom. The second-order valence-electron chi connectivity index (χ2n) is 3.48. The molecule has 1 unspecified atom stereocenters. The average Bonchev–Trinajstić information content (AvgIpc) is 2.26. The molecule has 0 aliphatic heterocycles. The minimum Gasteiger partial charge on any atom is -0.330 e. The Morgan fingerprint density at radius 2 is 2.00 bits per heavy atom. The largest absolute Gasteiger partial charge is 0.330 e. The van der Waals surface area contributed by atoms with E-state index >= 15 is 0 Å². The normalized spacial score (nSPS) is 12.7. The number of hydrogen-bond donors (Lipinski definition) is 1. The molecule has 78 valence electrons. The summed E-state index contributed by atoms with van der Waals surface area (Å²) >= 11 is 1.91. The summed E-state index contributed by atoms with van der Waals surface area (Å²) in [5, 5.41) is 0. The maximum absolute atomic E-state index is 5.78. The molecule has 1 rings (SSSR count). The van der Waals surface area contributed by atoms with Gasteiger partial charge in [-0.15, -0.1) is 0 Å². The third-order valence-electron chi connectivity index (χ3n) is 2.46. The smallest absolute Gasteiger partial charge is 0.000823 e. The molecule has 0 heterocycles. The second kappa shape index (κ2) is 6.91. The Labute approximate surface area is 91.1 Å². The summed E-state index contributed by atoms with van der Waals surface area (Å²) in [5.74, 6) is 1.78. The van der Waals surface area contributed by atoms with Crippen molar-refractivity contribution in [1.82, 2.24) is 0 Å². The highest BCUT2D eigenvalue weighted by atomic mass is 32.2. The van der Waals surface area contributed by atoms with Crippen molar-refractivity contribution in [3.63, 3.8) is 0 Å². The van der Waals surface area contributed by atoms with E-state index in [4.69, 9.17) is 5.73 Å². The third-order valence-corrected chi connectivity index (χ3v) is 3.15. The van der Waals surface area contributed by atoms with Crippen LogP contribution < -0.4 is 5.73 Å². The molecule has 0 aromatic heterocycles. The van der Waals surface area contributed by atoms with E-state index in [0.29, 0.717) is 5.92 Å². The standard InChI is InChI=1S/C12H19NS/c1-14-9-5-8-12(10-13)11-6-3-2-4-7-11/h2-4,6-7,12H,5,8-10,13H2,1H3. The maximum Gasteiger partial charge on any atom is -0.000823 e. The lowest BCUT2D eigenvalue weighted by Gasteiger charge is -2.14. The van der Waals surface area contributed by atoms with Crippen molar-refractivity contribution < 1.29 is 0 Å². The predicted molar refractivity (Wildman–Crippen MR) is 65.9 cm³/mol. The predicted octanol–water partition coefficient (Wildman–Crippen LogP) is 2.87. The molecule has 0 saturated heterocycles. The zero-order valence-corrected chi connectivity index (χ0v) is 9.59. The first-order valence-electron chi connectivity index (χ1n) is 5.12. The van der Waals surface area contributed by atoms with Gasteiger partial charge in [0.15, 0.2) is 0 Å². The van der Waals surface area contributed by atoms with Crippen LogP contribution in [0.5, 0.6) is 0 Å². The van der Waals surface area contributed by atoms with Crippen molar-refractivity contribution in [2.24, 2.45) is 5.73 Å². The molecule has 0 bridgehead atoms. The number of rotatable bonds is 6. The molecule has 1 aromatic rings. The third kappa shape index (κ3) is 3.72. The van der Waals surface area contributed by atoms with Crippen LogP contribution in [0.15, 0.2) is 30.3 Å². The van der Waals surface area contributed by atoms with E-state index in [1.165, 1.54) is 24.2 Å². The first-order valence-corrected chi connectivity index (χ1v) is 6.51. The van der Waals surface area contributed by atoms with Crippen LogP contribution in [0.2, 0.25) is 0 Å². The fraction of sp³-hybridized carbons (Fsp3) is 0.500. The van der Waals surface area contributed by atoms with Crippen molar-refractivity contribution in [1.29, 1.82) is 0 Å². The molecular formula is C12H19NS. The summed E-state index contributed by atoms with van der Waals surface area (Å²) < 4.78 is 0. The summed E-state index contributed by atoms with van der Waals surface area (Å²) in [6.07, 6.45) is 4.62. The van der Waals surface area contributed by atoms with Gasteiger partial charge in [0, 0.05) is 0 Å². The molecule has 0 amide bonds. The van der Waals surface area contributed by atoms with Crippen molar-refractivity contribution in [2.45, 2.75) is 18.8 Å². The summed E-state index contributed by atoms with van der Waals surface area (Å²) in [6.45, 7) is 0.762. The van der Waals surface area contributed by atoms with Crippen LogP contribution in [-0.2, 0) is 0 Å². The highest BCUT2D eigenvalue weighted by molar-refractivity contribution is 7.98. The molecule has 1 atom stereocenters. The highest BCUT2D eigenvalue weighted by Gasteiger charge is 2.07. The second-order valence-corrected chi connectivity index (χ2v) is 4.46. The monoisotopic (exact) mass is 209 g/mol. The van der Waals surface area contributed by atoms with Gasteiger partial charge in [0.1, 0.15) is 0 Å². The SMILES string of the molecule is CSCCCC(CN)c1ccccc1. The van der Waals surface area contributed by atoms with Gasteiger partial charge in [0.25, 0.3) is 0 Å². The van der Waals surface area contributed by atoms with Gasteiger partial charge >= 0.3 is 0 Å². The lowest BCUT2D eigenvalue weighted by atomic mass is 9.95. The summed E-state index contributed by atoms with van der Waals surface area (Å²) in [5.41, 5.74) is 7.17. The van der Waals surface area contributed by atoms with E-state index in [1.807, 2.05) is 11.8 Å². The van der Waals surface area contributed by atoms with Gasteiger partial charge in [-0.25, -0.2) is 0 Å². The van der Waals surface area contributed by atoms with E-state index < -0.39 is 0 Å². The summed E-state index contributed by atoms with van der Waals surface area (Å²) in [4.78, 5) is 0. The molecule has 1 aromatic carbocycles. The molecular weight excluding hydrogens is 190 g/mol. The van der Waals surface area contributed by atoms with Crippen molar-refractivity contribution in [3.05, 3.63) is 35.9 Å². The van der Waals surface area contributed by atoms with E-state index in [2.05, 4.69) is 36.6 Å². The Bertz CT molecular complexity index is 235. The van der Waals surface area contributed by atoms with Crippen molar-refractivity contribution in [2.75, 3.05) is 18.6 Å². The minimum atomic E-state index is 0.545. The Kier molecular flexibility index (Phi) is 5.72. The number of thioether (sulfide) groups is 1. The van der Waals surface area contributed by atoms with Crippen LogP contribution in [0.4, 0.5) is 0 Å². The zero-order valence-electron chi connectivity index (χ0n) is 8.78. The molecule has 0 fully saturated rings. The first-order chi connectivity index (χ1) is 6.88. The maximum atomic E-state index is 5.78. The van der Waals surface area contributed by atoms with E-state index in [1.54, 1.807) is 0 Å². The molecule has 0 aliphatic rings. The summed E-state index contributed by atoms with van der Waals surface area (Å²) in [6, 6.07) is 10.6. The molecule has 2 heteroatoms. The van der Waals surface area contributed by atoms with Gasteiger partial charge in [-0.1, -0.05) is 30.3 Å². The number of nitrogens with two attached hydrogens (primary N) is 1. The average molecular weight is 209 g/mol. The lowest BCUT2D eigenvalue weighted by molar-refractivity contribution is 0.626. The van der Waals surface area contributed by atoms with E-state index in [9.17, 15) is 0 Å². The Morgan fingerprint density at radius 3 is 2.57 bits per heavy atom. The Balaban J connectivity index is 2.46. The fourth-order valence-corrected chi connectivity index (χ4v) is 2.08. The van der Waals surface area contributed by atoms with Crippen LogP contribution in [0.3, 0.4) is 0 Å². The van der Waals surface area contributed by atoms with Gasteiger partial charge in [-0.3, -0.25) is 0 Å².